The third kappa shape index (κ3) is 9.95. The van der Waals surface area contributed by atoms with Gasteiger partial charge in [-0.15, -0.1) is 0 Å². The van der Waals surface area contributed by atoms with Gasteiger partial charge in [0.15, 0.2) is 0 Å². The molecule has 2 N–H and O–H groups in total. The number of hydrogen-bond acceptors (Lipinski definition) is 4. The zero-order valence-electron chi connectivity index (χ0n) is 13.6. The zero-order chi connectivity index (χ0) is 16.0. The van der Waals surface area contributed by atoms with Crippen LogP contribution in [0.1, 0.15) is 48.0 Å². The highest BCUT2D eigenvalue weighted by molar-refractivity contribution is 7.98. The van der Waals surface area contributed by atoms with E-state index in [9.17, 15) is 9.59 Å². The average Bonchev–Trinajstić information content (AvgIpc) is 2.18. The Hall–Kier alpha value is -0.910. The number of alkyl carbamates (subject to hydrolysis) is 1. The van der Waals surface area contributed by atoms with Crippen LogP contribution in [0.15, 0.2) is 0 Å². The van der Waals surface area contributed by atoms with Crippen molar-refractivity contribution < 1.29 is 14.3 Å². The van der Waals surface area contributed by atoms with Crippen LogP contribution in [-0.4, -0.2) is 41.2 Å². The fourth-order valence-electron chi connectivity index (χ4n) is 1.41. The predicted octanol–water partition coefficient (Wildman–Crippen LogP) is 2.55. The largest absolute Gasteiger partial charge is 0.444 e. The van der Waals surface area contributed by atoms with Crippen LogP contribution < -0.4 is 10.6 Å². The van der Waals surface area contributed by atoms with Crippen LogP contribution in [0.2, 0.25) is 0 Å². The number of carbonyl (C=O) groups excluding carboxylic acids is 2. The minimum Gasteiger partial charge on any atom is -0.444 e. The molecule has 6 heteroatoms. The lowest BCUT2D eigenvalue weighted by molar-refractivity contribution is -0.124. The van der Waals surface area contributed by atoms with Crippen LogP contribution in [-0.2, 0) is 9.53 Å². The first kappa shape index (κ1) is 19.1. The Morgan fingerprint density at radius 3 is 2.10 bits per heavy atom. The summed E-state index contributed by atoms with van der Waals surface area (Å²) in [7, 11) is 0. The van der Waals surface area contributed by atoms with E-state index in [-0.39, 0.29) is 11.4 Å². The summed E-state index contributed by atoms with van der Waals surface area (Å²) in [6, 6.07) is -0.573. The quantitative estimate of drug-likeness (QED) is 0.819. The van der Waals surface area contributed by atoms with E-state index in [1.54, 1.807) is 32.5 Å². The van der Waals surface area contributed by atoms with Gasteiger partial charge in [-0.25, -0.2) is 4.79 Å². The van der Waals surface area contributed by atoms with Gasteiger partial charge < -0.3 is 15.4 Å². The van der Waals surface area contributed by atoms with Crippen LogP contribution in [0.3, 0.4) is 0 Å². The summed E-state index contributed by atoms with van der Waals surface area (Å²) in [5.41, 5.74) is -0.904. The molecule has 2 amide bonds. The van der Waals surface area contributed by atoms with Crippen LogP contribution >= 0.6 is 11.8 Å². The van der Waals surface area contributed by atoms with Crippen molar-refractivity contribution in [1.82, 2.24) is 10.6 Å². The van der Waals surface area contributed by atoms with E-state index in [1.165, 1.54) is 0 Å². The first-order valence-electron chi connectivity index (χ1n) is 6.75. The van der Waals surface area contributed by atoms with Gasteiger partial charge in [-0.3, -0.25) is 4.79 Å². The molecular weight excluding hydrogens is 276 g/mol. The molecule has 0 unspecified atom stereocenters. The summed E-state index contributed by atoms with van der Waals surface area (Å²) in [6.45, 7) is 11.1. The van der Waals surface area contributed by atoms with E-state index in [2.05, 4.69) is 10.6 Å². The number of hydrogen-bond donors (Lipinski definition) is 2. The van der Waals surface area contributed by atoms with Gasteiger partial charge in [0.25, 0.3) is 0 Å². The molecule has 0 bridgehead atoms. The molecular formula is C14H28N2O3S. The van der Waals surface area contributed by atoms with Gasteiger partial charge in [0.2, 0.25) is 5.91 Å². The Bertz CT molecular complexity index is 332. The second kappa shape index (κ2) is 7.76. The van der Waals surface area contributed by atoms with Gasteiger partial charge in [-0.2, -0.15) is 11.8 Å². The maximum absolute atomic E-state index is 12.2. The summed E-state index contributed by atoms with van der Waals surface area (Å²) in [6.07, 6.45) is 1.97. The summed E-state index contributed by atoms with van der Waals surface area (Å²) < 4.78 is 5.19. The molecule has 5 nitrogen and oxygen atoms in total. The number of rotatable bonds is 5. The van der Waals surface area contributed by atoms with E-state index in [0.29, 0.717) is 6.42 Å². The Balaban J connectivity index is 4.63. The molecule has 0 aromatic rings. The maximum Gasteiger partial charge on any atom is 0.408 e. The van der Waals surface area contributed by atoms with E-state index >= 15 is 0 Å². The topological polar surface area (TPSA) is 67.4 Å². The standard InChI is InChI=1S/C14H28N2O3S/c1-13(2,3)16-11(17)10(8-9-20-7)15-12(18)19-14(4,5)6/h10H,8-9H2,1-7H3,(H,15,18)(H,16,17)/t10-/m0/s1. The molecule has 0 aromatic heterocycles. The molecule has 0 fully saturated rings. The minimum absolute atomic E-state index is 0.183. The van der Waals surface area contributed by atoms with E-state index in [0.717, 1.165) is 5.75 Å². The highest BCUT2D eigenvalue weighted by Crippen LogP contribution is 2.09. The number of amides is 2. The zero-order valence-corrected chi connectivity index (χ0v) is 14.4. The summed E-state index contributed by atoms with van der Waals surface area (Å²) in [4.78, 5) is 24.0. The minimum atomic E-state index is -0.575. The smallest absolute Gasteiger partial charge is 0.408 e. The van der Waals surface area contributed by atoms with Crippen LogP contribution in [0.5, 0.6) is 0 Å². The highest BCUT2D eigenvalue weighted by Gasteiger charge is 2.26. The van der Waals surface area contributed by atoms with E-state index in [4.69, 9.17) is 4.74 Å². The van der Waals surface area contributed by atoms with Gasteiger partial charge in [0, 0.05) is 5.54 Å². The molecule has 0 heterocycles. The molecule has 0 rings (SSSR count). The molecule has 0 radical (unpaired) electrons. The van der Waals surface area contributed by atoms with Crippen LogP contribution in [0.4, 0.5) is 4.79 Å². The lowest BCUT2D eigenvalue weighted by Crippen LogP contribution is -2.53. The second-order valence-electron chi connectivity index (χ2n) is 6.72. The molecule has 0 spiro atoms. The molecule has 0 aliphatic carbocycles. The monoisotopic (exact) mass is 304 g/mol. The van der Waals surface area contributed by atoms with Crippen molar-refractivity contribution in [3.8, 4) is 0 Å². The first-order chi connectivity index (χ1) is 8.94. The molecule has 0 saturated carbocycles. The first-order valence-corrected chi connectivity index (χ1v) is 8.14. The van der Waals surface area contributed by atoms with Gasteiger partial charge in [0.05, 0.1) is 0 Å². The fraction of sp³-hybridized carbons (Fsp3) is 0.857. The molecule has 1 atom stereocenters. The van der Waals surface area contributed by atoms with Crippen molar-refractivity contribution in [2.45, 2.75) is 65.1 Å². The Morgan fingerprint density at radius 2 is 1.70 bits per heavy atom. The fourth-order valence-corrected chi connectivity index (χ4v) is 1.88. The second-order valence-corrected chi connectivity index (χ2v) is 7.71. The highest BCUT2D eigenvalue weighted by atomic mass is 32.2. The third-order valence-electron chi connectivity index (χ3n) is 2.12. The van der Waals surface area contributed by atoms with Crippen molar-refractivity contribution in [1.29, 1.82) is 0 Å². The van der Waals surface area contributed by atoms with Gasteiger partial charge in [-0.05, 0) is 60.0 Å². The maximum atomic E-state index is 12.2. The van der Waals surface area contributed by atoms with Crippen molar-refractivity contribution in [2.24, 2.45) is 0 Å². The number of carbonyl (C=O) groups is 2. The molecule has 0 aliphatic rings. The lowest BCUT2D eigenvalue weighted by atomic mass is 10.1. The predicted molar refractivity (Wildman–Crippen MR) is 84.1 cm³/mol. The Morgan fingerprint density at radius 1 is 1.15 bits per heavy atom. The van der Waals surface area contributed by atoms with Crippen molar-refractivity contribution in [3.63, 3.8) is 0 Å². The number of thioether (sulfide) groups is 1. The van der Waals surface area contributed by atoms with Crippen molar-refractivity contribution in [3.05, 3.63) is 0 Å². The third-order valence-corrected chi connectivity index (χ3v) is 2.76. The van der Waals surface area contributed by atoms with Crippen LogP contribution in [0.25, 0.3) is 0 Å². The Kier molecular flexibility index (Phi) is 7.41. The Labute approximate surface area is 126 Å². The van der Waals surface area contributed by atoms with Gasteiger partial charge >= 0.3 is 6.09 Å². The molecule has 0 saturated heterocycles. The van der Waals surface area contributed by atoms with Crippen LogP contribution in [0, 0.1) is 0 Å². The van der Waals surface area contributed by atoms with Gasteiger partial charge in [0.1, 0.15) is 11.6 Å². The van der Waals surface area contributed by atoms with Gasteiger partial charge in [-0.1, -0.05) is 0 Å². The van der Waals surface area contributed by atoms with E-state index in [1.807, 2.05) is 27.0 Å². The molecule has 20 heavy (non-hydrogen) atoms. The average molecular weight is 304 g/mol. The molecule has 118 valence electrons. The number of nitrogens with one attached hydrogen (secondary N) is 2. The SMILES string of the molecule is CSCC[C@H](NC(=O)OC(C)(C)C)C(=O)NC(C)(C)C. The summed E-state index contributed by atoms with van der Waals surface area (Å²) >= 11 is 1.63. The number of ether oxygens (including phenoxy) is 1. The molecule has 0 aliphatic heterocycles. The normalized spacial score (nSPS) is 13.6. The van der Waals surface area contributed by atoms with E-state index < -0.39 is 17.7 Å². The summed E-state index contributed by atoms with van der Waals surface area (Å²) in [5, 5.41) is 5.52. The lowest BCUT2D eigenvalue weighted by Gasteiger charge is -2.26. The summed E-state index contributed by atoms with van der Waals surface area (Å²) in [5.74, 6) is 0.607. The molecule has 0 aromatic carbocycles. The van der Waals surface area contributed by atoms with Crippen molar-refractivity contribution >= 4 is 23.8 Å². The van der Waals surface area contributed by atoms with Crippen molar-refractivity contribution in [2.75, 3.05) is 12.0 Å².